The fraction of sp³-hybridized carbons (Fsp3) is 0.300. The molecule has 0 heterocycles. The van der Waals surface area contributed by atoms with Crippen molar-refractivity contribution in [2.24, 2.45) is 0 Å². The molecule has 4 heteroatoms. The predicted octanol–water partition coefficient (Wildman–Crippen LogP) is 1.76. The number of Topliss-reactive ketones (excluding diaryl/α,β-unsaturated/α-hetero) is 1. The predicted molar refractivity (Wildman–Crippen MR) is 49.2 cm³/mol. The van der Waals surface area contributed by atoms with Gasteiger partial charge in [-0.1, -0.05) is 6.92 Å². The lowest BCUT2D eigenvalue weighted by Gasteiger charge is -2.01. The van der Waals surface area contributed by atoms with Gasteiger partial charge in [0.1, 0.15) is 0 Å². The summed E-state index contributed by atoms with van der Waals surface area (Å²) < 4.78 is 25.2. The number of ketones is 1. The molecule has 1 aromatic rings. The van der Waals surface area contributed by atoms with Crippen molar-refractivity contribution in [1.29, 1.82) is 0 Å². The molecule has 0 fully saturated rings. The van der Waals surface area contributed by atoms with E-state index in [2.05, 4.69) is 5.32 Å². The lowest BCUT2D eigenvalue weighted by Crippen LogP contribution is -2.22. The third-order valence-corrected chi connectivity index (χ3v) is 1.78. The van der Waals surface area contributed by atoms with Gasteiger partial charge in [-0.25, -0.2) is 8.78 Å². The molecule has 0 aromatic heterocycles. The number of carbonyl (C=O) groups excluding carboxylic acids is 1. The number of nitrogens with one attached hydrogen (secondary N) is 1. The van der Waals surface area contributed by atoms with E-state index in [1.54, 1.807) is 0 Å². The third kappa shape index (κ3) is 2.60. The lowest BCUT2D eigenvalue weighted by molar-refractivity contribution is 0.0991. The molecule has 0 saturated heterocycles. The highest BCUT2D eigenvalue weighted by Crippen LogP contribution is 2.08. The Morgan fingerprint density at radius 2 is 2.07 bits per heavy atom. The Kier molecular flexibility index (Phi) is 3.71. The van der Waals surface area contributed by atoms with Crippen LogP contribution in [0.25, 0.3) is 0 Å². The van der Waals surface area contributed by atoms with E-state index in [9.17, 15) is 13.6 Å². The van der Waals surface area contributed by atoms with Gasteiger partial charge in [0.05, 0.1) is 6.54 Å². The summed E-state index contributed by atoms with van der Waals surface area (Å²) in [5, 5.41) is 2.81. The number of likely N-dealkylation sites (N-methyl/N-ethyl adjacent to an activating group) is 1. The van der Waals surface area contributed by atoms with E-state index in [1.807, 2.05) is 6.92 Å². The van der Waals surface area contributed by atoms with Gasteiger partial charge in [0.15, 0.2) is 17.4 Å². The minimum atomic E-state index is -0.993. The highest BCUT2D eigenvalue weighted by molar-refractivity contribution is 5.97. The fourth-order valence-electron chi connectivity index (χ4n) is 1.01. The van der Waals surface area contributed by atoms with Gasteiger partial charge >= 0.3 is 0 Å². The number of hydrogen-bond donors (Lipinski definition) is 1. The lowest BCUT2D eigenvalue weighted by atomic mass is 10.1. The third-order valence-electron chi connectivity index (χ3n) is 1.78. The SMILES string of the molecule is CCNCC(=O)c1ccc(F)c(F)c1. The summed E-state index contributed by atoms with van der Waals surface area (Å²) in [7, 11) is 0. The van der Waals surface area contributed by atoms with E-state index in [-0.39, 0.29) is 17.9 Å². The minimum Gasteiger partial charge on any atom is -0.310 e. The van der Waals surface area contributed by atoms with Crippen LogP contribution in [0.3, 0.4) is 0 Å². The first kappa shape index (κ1) is 10.8. The molecule has 0 unspecified atom stereocenters. The molecule has 0 saturated carbocycles. The van der Waals surface area contributed by atoms with E-state index < -0.39 is 11.6 Å². The monoisotopic (exact) mass is 199 g/mol. The van der Waals surface area contributed by atoms with Crippen molar-refractivity contribution in [2.75, 3.05) is 13.1 Å². The Morgan fingerprint density at radius 1 is 1.36 bits per heavy atom. The maximum atomic E-state index is 12.7. The first-order valence-electron chi connectivity index (χ1n) is 4.34. The maximum absolute atomic E-state index is 12.7. The first-order chi connectivity index (χ1) is 6.65. The zero-order valence-corrected chi connectivity index (χ0v) is 7.81. The smallest absolute Gasteiger partial charge is 0.176 e. The molecule has 0 aliphatic heterocycles. The van der Waals surface area contributed by atoms with Crippen LogP contribution in [0.15, 0.2) is 18.2 Å². The van der Waals surface area contributed by atoms with Crippen LogP contribution in [-0.2, 0) is 0 Å². The van der Waals surface area contributed by atoms with Crippen molar-refractivity contribution in [3.8, 4) is 0 Å². The molecule has 1 aromatic carbocycles. The van der Waals surface area contributed by atoms with Gasteiger partial charge in [-0.05, 0) is 24.7 Å². The van der Waals surface area contributed by atoms with Gasteiger partial charge < -0.3 is 5.32 Å². The van der Waals surface area contributed by atoms with Crippen LogP contribution in [0.5, 0.6) is 0 Å². The number of halogens is 2. The largest absolute Gasteiger partial charge is 0.310 e. The fourth-order valence-corrected chi connectivity index (χ4v) is 1.01. The van der Waals surface area contributed by atoms with Gasteiger partial charge in [0.25, 0.3) is 0 Å². The van der Waals surface area contributed by atoms with Gasteiger partial charge in [-0.2, -0.15) is 0 Å². The van der Waals surface area contributed by atoms with Gasteiger partial charge in [0.2, 0.25) is 0 Å². The average Bonchev–Trinajstić information content (AvgIpc) is 2.18. The van der Waals surface area contributed by atoms with Crippen LogP contribution >= 0.6 is 0 Å². The van der Waals surface area contributed by atoms with Crippen LogP contribution in [0.1, 0.15) is 17.3 Å². The van der Waals surface area contributed by atoms with Crippen molar-refractivity contribution in [3.05, 3.63) is 35.4 Å². The molecule has 14 heavy (non-hydrogen) atoms. The van der Waals surface area contributed by atoms with Gasteiger partial charge in [-0.15, -0.1) is 0 Å². The molecular weight excluding hydrogens is 188 g/mol. The number of rotatable bonds is 4. The molecule has 2 nitrogen and oxygen atoms in total. The Hall–Kier alpha value is -1.29. The summed E-state index contributed by atoms with van der Waals surface area (Å²) in [4.78, 5) is 11.3. The normalized spacial score (nSPS) is 10.2. The molecule has 76 valence electrons. The first-order valence-corrected chi connectivity index (χ1v) is 4.34. The van der Waals surface area contributed by atoms with Crippen molar-refractivity contribution in [1.82, 2.24) is 5.32 Å². The summed E-state index contributed by atoms with van der Waals surface area (Å²) in [6.45, 7) is 2.66. The van der Waals surface area contributed by atoms with Crippen LogP contribution in [-0.4, -0.2) is 18.9 Å². The Morgan fingerprint density at radius 3 is 2.64 bits per heavy atom. The molecule has 0 bridgehead atoms. The molecule has 0 atom stereocenters. The number of benzene rings is 1. The van der Waals surface area contributed by atoms with Crippen molar-refractivity contribution in [2.45, 2.75) is 6.92 Å². The molecule has 1 rings (SSSR count). The van der Waals surface area contributed by atoms with Crippen LogP contribution in [0, 0.1) is 11.6 Å². The van der Waals surface area contributed by atoms with Crippen LogP contribution in [0.2, 0.25) is 0 Å². The topological polar surface area (TPSA) is 29.1 Å². The summed E-state index contributed by atoms with van der Waals surface area (Å²) in [5.41, 5.74) is 0.185. The molecule has 0 aliphatic rings. The molecule has 1 N–H and O–H groups in total. The van der Waals surface area contributed by atoms with E-state index in [1.165, 1.54) is 6.07 Å². The second kappa shape index (κ2) is 4.81. The van der Waals surface area contributed by atoms with E-state index in [4.69, 9.17) is 0 Å². The Balaban J connectivity index is 2.76. The minimum absolute atomic E-state index is 0.140. The Labute approximate surface area is 80.9 Å². The van der Waals surface area contributed by atoms with E-state index >= 15 is 0 Å². The zero-order chi connectivity index (χ0) is 10.6. The summed E-state index contributed by atoms with van der Waals surface area (Å²) in [5.74, 6) is -2.18. The summed E-state index contributed by atoms with van der Waals surface area (Å²) in [6, 6.07) is 3.14. The highest BCUT2D eigenvalue weighted by Gasteiger charge is 2.08. The van der Waals surface area contributed by atoms with Crippen molar-refractivity contribution in [3.63, 3.8) is 0 Å². The van der Waals surface area contributed by atoms with Crippen molar-refractivity contribution >= 4 is 5.78 Å². The Bertz CT molecular complexity index is 339. The number of hydrogen-bond acceptors (Lipinski definition) is 2. The number of carbonyl (C=O) groups is 1. The highest BCUT2D eigenvalue weighted by atomic mass is 19.2. The maximum Gasteiger partial charge on any atom is 0.176 e. The molecule has 0 aliphatic carbocycles. The van der Waals surface area contributed by atoms with E-state index in [0.717, 1.165) is 12.1 Å². The molecular formula is C10H11F2NO. The second-order valence-corrected chi connectivity index (χ2v) is 2.83. The molecule has 0 radical (unpaired) electrons. The van der Waals surface area contributed by atoms with Gasteiger partial charge in [-0.3, -0.25) is 4.79 Å². The second-order valence-electron chi connectivity index (χ2n) is 2.83. The standard InChI is InChI=1S/C10H11F2NO/c1-2-13-6-10(14)7-3-4-8(11)9(12)5-7/h3-5,13H,2,6H2,1H3. The van der Waals surface area contributed by atoms with Gasteiger partial charge in [0, 0.05) is 5.56 Å². The molecule has 0 spiro atoms. The summed E-state index contributed by atoms with van der Waals surface area (Å²) >= 11 is 0. The van der Waals surface area contributed by atoms with Crippen LogP contribution < -0.4 is 5.32 Å². The van der Waals surface area contributed by atoms with Crippen molar-refractivity contribution < 1.29 is 13.6 Å². The zero-order valence-electron chi connectivity index (χ0n) is 7.81. The molecule has 0 amide bonds. The van der Waals surface area contributed by atoms with E-state index in [0.29, 0.717) is 6.54 Å². The average molecular weight is 199 g/mol. The summed E-state index contributed by atoms with van der Waals surface area (Å²) in [6.07, 6.45) is 0. The quantitative estimate of drug-likeness (QED) is 0.748. The van der Waals surface area contributed by atoms with Crippen LogP contribution in [0.4, 0.5) is 8.78 Å².